The van der Waals surface area contributed by atoms with E-state index in [1.54, 1.807) is 4.52 Å². The number of phenols is 1. The molecule has 0 unspecified atom stereocenters. The van der Waals surface area contributed by atoms with E-state index >= 15 is 0 Å². The number of rotatable bonds is 2. The highest BCUT2D eigenvalue weighted by Gasteiger charge is 2.27. The van der Waals surface area contributed by atoms with Gasteiger partial charge in [-0.15, -0.1) is 10.2 Å². The maximum absolute atomic E-state index is 13.9. The molecular formula is C13H11FN4OS. The minimum absolute atomic E-state index is 0.111. The number of nitrogens with zero attached hydrogens (tertiary/aromatic N) is 4. The van der Waals surface area contributed by atoms with Crippen molar-refractivity contribution in [2.45, 2.75) is 25.2 Å². The Morgan fingerprint density at radius 1 is 1.30 bits per heavy atom. The van der Waals surface area contributed by atoms with Gasteiger partial charge in [-0.05, 0) is 25.0 Å². The van der Waals surface area contributed by atoms with Crippen molar-refractivity contribution in [3.63, 3.8) is 0 Å². The number of hydrogen-bond donors (Lipinski definition) is 1. The van der Waals surface area contributed by atoms with Crippen LogP contribution in [0.4, 0.5) is 4.39 Å². The van der Waals surface area contributed by atoms with E-state index in [1.807, 2.05) is 0 Å². The first-order valence-electron chi connectivity index (χ1n) is 6.44. The third kappa shape index (κ3) is 1.62. The topological polar surface area (TPSA) is 63.3 Å². The van der Waals surface area contributed by atoms with E-state index < -0.39 is 5.82 Å². The van der Waals surface area contributed by atoms with E-state index in [2.05, 4.69) is 15.3 Å². The summed E-state index contributed by atoms with van der Waals surface area (Å²) in [6, 6.07) is 4.23. The van der Waals surface area contributed by atoms with Gasteiger partial charge in [-0.1, -0.05) is 23.8 Å². The monoisotopic (exact) mass is 290 g/mol. The van der Waals surface area contributed by atoms with Crippen LogP contribution in [0, 0.1) is 5.82 Å². The van der Waals surface area contributed by atoms with Gasteiger partial charge in [0.05, 0.1) is 5.56 Å². The quantitative estimate of drug-likeness (QED) is 0.788. The first-order valence-corrected chi connectivity index (χ1v) is 7.25. The smallest absolute Gasteiger partial charge is 0.234 e. The van der Waals surface area contributed by atoms with Crippen LogP contribution in [0.25, 0.3) is 15.5 Å². The molecule has 20 heavy (non-hydrogen) atoms. The second-order valence-corrected chi connectivity index (χ2v) is 5.88. The predicted molar refractivity (Wildman–Crippen MR) is 72.3 cm³/mol. The van der Waals surface area contributed by atoms with Crippen LogP contribution in [0.3, 0.4) is 0 Å². The summed E-state index contributed by atoms with van der Waals surface area (Å²) in [6.45, 7) is 0. The summed E-state index contributed by atoms with van der Waals surface area (Å²) in [4.78, 5) is 0.629. The lowest BCUT2D eigenvalue weighted by atomic mass is 9.85. The number of halogens is 1. The normalized spacial score (nSPS) is 15.7. The van der Waals surface area contributed by atoms with Crippen molar-refractivity contribution in [1.82, 2.24) is 19.8 Å². The summed E-state index contributed by atoms with van der Waals surface area (Å²) < 4.78 is 15.5. The van der Waals surface area contributed by atoms with Crippen LogP contribution in [0.1, 0.15) is 31.0 Å². The zero-order chi connectivity index (χ0) is 13.7. The van der Waals surface area contributed by atoms with Crippen LogP contribution in [-0.4, -0.2) is 24.9 Å². The molecule has 1 N–H and O–H groups in total. The zero-order valence-electron chi connectivity index (χ0n) is 10.5. The number of aromatic hydroxyl groups is 1. The molecule has 0 aliphatic heterocycles. The van der Waals surface area contributed by atoms with E-state index in [1.165, 1.54) is 36.0 Å². The van der Waals surface area contributed by atoms with Crippen LogP contribution in [-0.2, 0) is 0 Å². The molecule has 2 heterocycles. The highest BCUT2D eigenvalue weighted by molar-refractivity contribution is 7.19. The number of benzene rings is 1. The molecule has 0 radical (unpaired) electrons. The molecule has 3 aromatic rings. The molecular weight excluding hydrogens is 279 g/mol. The molecule has 5 nitrogen and oxygen atoms in total. The molecule has 2 aromatic heterocycles. The average molecular weight is 290 g/mol. The molecule has 1 saturated carbocycles. The number of hydrogen-bond acceptors (Lipinski definition) is 5. The fourth-order valence-corrected chi connectivity index (χ4v) is 3.28. The standard InChI is InChI=1S/C13H11FN4OS/c14-8-5-2-6-9(19)10(8)12-17-18-11(7-3-1-4-7)15-16-13(18)20-12/h2,5-7,19H,1,3-4H2. The SMILES string of the molecule is Oc1cccc(F)c1-c1nn2c(C3CCC3)nnc2s1. The van der Waals surface area contributed by atoms with Gasteiger partial charge >= 0.3 is 0 Å². The first-order chi connectivity index (χ1) is 9.74. The minimum Gasteiger partial charge on any atom is -0.507 e. The summed E-state index contributed by atoms with van der Waals surface area (Å²) in [5.41, 5.74) is 0.127. The maximum atomic E-state index is 13.9. The van der Waals surface area contributed by atoms with Gasteiger partial charge in [-0.2, -0.15) is 9.61 Å². The summed E-state index contributed by atoms with van der Waals surface area (Å²) >= 11 is 1.23. The zero-order valence-corrected chi connectivity index (χ0v) is 11.3. The second-order valence-electron chi connectivity index (χ2n) is 4.92. The van der Waals surface area contributed by atoms with Crippen molar-refractivity contribution in [3.8, 4) is 16.3 Å². The van der Waals surface area contributed by atoms with Crippen LogP contribution >= 0.6 is 11.3 Å². The summed E-state index contributed by atoms with van der Waals surface area (Å²) in [5, 5.41) is 22.9. The van der Waals surface area contributed by atoms with Gasteiger partial charge in [0.1, 0.15) is 11.6 Å². The van der Waals surface area contributed by atoms with Crippen molar-refractivity contribution >= 4 is 16.3 Å². The second kappa shape index (κ2) is 4.24. The third-order valence-corrected chi connectivity index (χ3v) is 4.61. The predicted octanol–water partition coefficient (Wildman–Crippen LogP) is 2.97. The molecule has 0 bridgehead atoms. The molecule has 0 amide bonds. The van der Waals surface area contributed by atoms with Gasteiger partial charge in [0.15, 0.2) is 10.8 Å². The van der Waals surface area contributed by atoms with Crippen LogP contribution in [0.5, 0.6) is 5.75 Å². The van der Waals surface area contributed by atoms with Crippen LogP contribution in [0.15, 0.2) is 18.2 Å². The molecule has 1 fully saturated rings. The summed E-state index contributed by atoms with van der Waals surface area (Å²) in [6.07, 6.45) is 3.39. The lowest BCUT2D eigenvalue weighted by Gasteiger charge is -2.22. The minimum atomic E-state index is -0.486. The molecule has 7 heteroatoms. The Labute approximate surface area is 117 Å². The van der Waals surface area contributed by atoms with E-state index in [-0.39, 0.29) is 11.3 Å². The van der Waals surface area contributed by atoms with E-state index in [0.29, 0.717) is 15.9 Å². The van der Waals surface area contributed by atoms with Crippen molar-refractivity contribution in [2.75, 3.05) is 0 Å². The Morgan fingerprint density at radius 2 is 2.15 bits per heavy atom. The van der Waals surface area contributed by atoms with Crippen molar-refractivity contribution in [2.24, 2.45) is 0 Å². The van der Waals surface area contributed by atoms with E-state index in [0.717, 1.165) is 18.7 Å². The highest BCUT2D eigenvalue weighted by atomic mass is 32.1. The van der Waals surface area contributed by atoms with Gasteiger partial charge in [0, 0.05) is 5.92 Å². The lowest BCUT2D eigenvalue weighted by Crippen LogP contribution is -2.13. The Balaban J connectivity index is 1.87. The Kier molecular flexibility index (Phi) is 2.50. The molecule has 0 saturated heterocycles. The Hall–Kier alpha value is -2.02. The average Bonchev–Trinajstić information content (AvgIpc) is 2.89. The third-order valence-electron chi connectivity index (χ3n) is 3.69. The molecule has 102 valence electrons. The van der Waals surface area contributed by atoms with Crippen molar-refractivity contribution < 1.29 is 9.50 Å². The van der Waals surface area contributed by atoms with Crippen molar-refractivity contribution in [1.29, 1.82) is 0 Å². The fraction of sp³-hybridized carbons (Fsp3) is 0.308. The molecule has 1 aliphatic carbocycles. The summed E-state index contributed by atoms with van der Waals surface area (Å²) in [5.74, 6) is 0.638. The van der Waals surface area contributed by atoms with Crippen LogP contribution < -0.4 is 0 Å². The number of phenolic OH excluding ortho intramolecular Hbond substituents is 1. The first kappa shape index (κ1) is 11.8. The molecule has 1 aromatic carbocycles. The van der Waals surface area contributed by atoms with Gasteiger partial charge < -0.3 is 5.11 Å². The van der Waals surface area contributed by atoms with Gasteiger partial charge in [-0.25, -0.2) is 4.39 Å². The Bertz CT molecular complexity index is 773. The largest absolute Gasteiger partial charge is 0.507 e. The van der Waals surface area contributed by atoms with E-state index in [4.69, 9.17) is 0 Å². The maximum Gasteiger partial charge on any atom is 0.234 e. The number of aromatic nitrogens is 4. The van der Waals surface area contributed by atoms with Gasteiger partial charge in [0.2, 0.25) is 4.96 Å². The number of fused-ring (bicyclic) bond motifs is 1. The lowest BCUT2D eigenvalue weighted by molar-refractivity contribution is 0.395. The summed E-state index contributed by atoms with van der Waals surface area (Å²) in [7, 11) is 0. The Morgan fingerprint density at radius 3 is 2.85 bits per heavy atom. The van der Waals surface area contributed by atoms with E-state index in [9.17, 15) is 9.50 Å². The molecule has 0 atom stereocenters. The van der Waals surface area contributed by atoms with Crippen LogP contribution in [0.2, 0.25) is 0 Å². The van der Waals surface area contributed by atoms with Gasteiger partial charge in [0.25, 0.3) is 0 Å². The fourth-order valence-electron chi connectivity index (χ4n) is 2.38. The molecule has 0 spiro atoms. The van der Waals surface area contributed by atoms with Gasteiger partial charge in [-0.3, -0.25) is 0 Å². The highest BCUT2D eigenvalue weighted by Crippen LogP contribution is 2.38. The van der Waals surface area contributed by atoms with Crippen molar-refractivity contribution in [3.05, 3.63) is 29.8 Å². The molecule has 1 aliphatic rings. The molecule has 4 rings (SSSR count).